The minimum Gasteiger partial charge on any atom is -0.321 e. The molecule has 1 atom stereocenters. The number of piperidine rings is 1. The molecule has 3 aromatic rings. The summed E-state index contributed by atoms with van der Waals surface area (Å²) in [6.45, 7) is 6.20. The molecule has 36 heavy (non-hydrogen) atoms. The molecule has 1 aromatic carbocycles. The van der Waals surface area contributed by atoms with Crippen LogP contribution in [0.5, 0.6) is 0 Å². The number of likely N-dealkylation sites (tertiary alicyclic amines) is 1. The van der Waals surface area contributed by atoms with Gasteiger partial charge in [0, 0.05) is 12.1 Å². The second-order valence-corrected chi connectivity index (χ2v) is 11.9. The Morgan fingerprint density at radius 2 is 1.72 bits per heavy atom. The van der Waals surface area contributed by atoms with Crippen molar-refractivity contribution in [1.82, 2.24) is 30.1 Å². The second-order valence-electron chi connectivity index (χ2n) is 11.9. The molecule has 7 nitrogen and oxygen atoms in total. The van der Waals surface area contributed by atoms with Gasteiger partial charge in [-0.3, -0.25) is 9.69 Å². The summed E-state index contributed by atoms with van der Waals surface area (Å²) >= 11 is 0. The number of hydrogen-bond acceptors (Lipinski definition) is 5. The van der Waals surface area contributed by atoms with E-state index in [4.69, 9.17) is 0 Å². The predicted molar refractivity (Wildman–Crippen MR) is 142 cm³/mol. The number of pyridine rings is 1. The number of fused-ring (bicyclic) bond motifs is 1. The minimum absolute atomic E-state index is 0.0130. The molecule has 0 amide bonds. The minimum atomic E-state index is -0.227. The lowest BCUT2D eigenvalue weighted by molar-refractivity contribution is 0.0332. The zero-order valence-electron chi connectivity index (χ0n) is 21.9. The van der Waals surface area contributed by atoms with E-state index in [1.54, 1.807) is 0 Å². The molecule has 0 bridgehead atoms. The first-order chi connectivity index (χ1) is 17.5. The lowest BCUT2D eigenvalue weighted by Crippen LogP contribution is -2.47. The summed E-state index contributed by atoms with van der Waals surface area (Å²) in [7, 11) is 0. The van der Waals surface area contributed by atoms with Gasteiger partial charge in [0.15, 0.2) is 5.82 Å². The fourth-order valence-corrected chi connectivity index (χ4v) is 7.55. The summed E-state index contributed by atoms with van der Waals surface area (Å²) in [4.78, 5) is 19.5. The molecule has 3 aliphatic rings. The van der Waals surface area contributed by atoms with Crippen molar-refractivity contribution in [1.29, 1.82) is 0 Å². The van der Waals surface area contributed by atoms with E-state index in [1.165, 1.54) is 69.8 Å². The fourth-order valence-electron chi connectivity index (χ4n) is 7.55. The van der Waals surface area contributed by atoms with E-state index in [1.807, 2.05) is 0 Å². The number of tetrazole rings is 1. The molecule has 3 fully saturated rings. The highest BCUT2D eigenvalue weighted by Gasteiger charge is 2.41. The average molecular weight is 489 g/mol. The number of hydrogen-bond donors (Lipinski definition) is 1. The number of aryl methyl sites for hydroxylation is 2. The van der Waals surface area contributed by atoms with Crippen LogP contribution < -0.4 is 5.56 Å². The molecule has 0 unspecified atom stereocenters. The normalized spacial score (nSPS) is 22.3. The van der Waals surface area contributed by atoms with Crippen molar-refractivity contribution in [2.45, 2.75) is 103 Å². The molecule has 1 spiro atoms. The molecule has 1 saturated heterocycles. The molecule has 0 radical (unpaired) electrons. The van der Waals surface area contributed by atoms with Crippen molar-refractivity contribution in [3.8, 4) is 0 Å². The molecule has 2 aromatic heterocycles. The van der Waals surface area contributed by atoms with Gasteiger partial charge in [-0.1, -0.05) is 50.2 Å². The van der Waals surface area contributed by atoms with E-state index in [0.717, 1.165) is 53.8 Å². The zero-order chi connectivity index (χ0) is 24.7. The monoisotopic (exact) mass is 488 g/mol. The number of rotatable bonds is 4. The number of nitrogens with zero attached hydrogens (tertiary/aromatic N) is 5. The highest BCUT2D eigenvalue weighted by atomic mass is 16.1. The molecule has 2 aliphatic carbocycles. The Balaban J connectivity index is 1.48. The smallest absolute Gasteiger partial charge is 0.253 e. The predicted octanol–water partition coefficient (Wildman–Crippen LogP) is 5.77. The highest BCUT2D eigenvalue weighted by molar-refractivity contribution is 5.83. The number of aromatic nitrogens is 5. The molecule has 1 N–H and O–H groups in total. The maximum Gasteiger partial charge on any atom is 0.253 e. The zero-order valence-corrected chi connectivity index (χ0v) is 21.9. The largest absolute Gasteiger partial charge is 0.321 e. The van der Waals surface area contributed by atoms with E-state index in [9.17, 15) is 4.79 Å². The maximum absolute atomic E-state index is 13.7. The van der Waals surface area contributed by atoms with Crippen molar-refractivity contribution >= 4 is 10.9 Å². The van der Waals surface area contributed by atoms with Crippen LogP contribution in [0.25, 0.3) is 10.9 Å². The number of aromatic amines is 1. The molecule has 1 aliphatic heterocycles. The summed E-state index contributed by atoms with van der Waals surface area (Å²) in [5.74, 6) is 0.851. The first-order valence-corrected chi connectivity index (χ1v) is 14.2. The van der Waals surface area contributed by atoms with Crippen LogP contribution in [0.4, 0.5) is 0 Å². The van der Waals surface area contributed by atoms with Crippen molar-refractivity contribution in [2.75, 3.05) is 13.1 Å². The molecular weight excluding hydrogens is 448 g/mol. The van der Waals surface area contributed by atoms with E-state index in [0.29, 0.717) is 11.5 Å². The Morgan fingerprint density at radius 1 is 0.972 bits per heavy atom. The SMILES string of the molecule is Cc1cc(C)c2[nH]c(=O)c([C@H](c3nnnn3C3CCCCC3)N3CCCC4(CCCCC4)C3)cc2c1. The third-order valence-corrected chi connectivity index (χ3v) is 9.27. The lowest BCUT2D eigenvalue weighted by Gasteiger charge is -2.47. The van der Waals surface area contributed by atoms with Crippen LogP contribution in [0.3, 0.4) is 0 Å². The number of nitrogens with one attached hydrogen (secondary N) is 1. The quantitative estimate of drug-likeness (QED) is 0.504. The van der Waals surface area contributed by atoms with Crippen LogP contribution in [0.2, 0.25) is 0 Å². The van der Waals surface area contributed by atoms with Gasteiger partial charge >= 0.3 is 0 Å². The fraction of sp³-hybridized carbons (Fsp3) is 0.655. The van der Waals surface area contributed by atoms with Gasteiger partial charge < -0.3 is 4.98 Å². The lowest BCUT2D eigenvalue weighted by atomic mass is 9.69. The van der Waals surface area contributed by atoms with Crippen LogP contribution in [-0.4, -0.2) is 43.2 Å². The number of H-pyrrole nitrogens is 1. The van der Waals surface area contributed by atoms with Crippen LogP contribution >= 0.6 is 0 Å². The van der Waals surface area contributed by atoms with Gasteiger partial charge in [0.2, 0.25) is 0 Å². The standard InChI is InChI=1S/C29H40N6O/c1-20-16-21(2)25-22(17-20)18-24(28(36)30-25)26(27-31-32-33-35(27)23-10-5-3-6-11-23)34-15-9-14-29(19-34)12-7-4-8-13-29/h16-18,23,26H,3-15,19H2,1-2H3,(H,30,36)/t26-/m1/s1. The van der Waals surface area contributed by atoms with Crippen molar-refractivity contribution in [3.63, 3.8) is 0 Å². The summed E-state index contributed by atoms with van der Waals surface area (Å²) in [6, 6.07) is 6.54. The van der Waals surface area contributed by atoms with Crippen LogP contribution in [0, 0.1) is 19.3 Å². The summed E-state index contributed by atoms with van der Waals surface area (Å²) in [6.07, 6.45) is 15.0. The Bertz CT molecular complexity index is 1280. The van der Waals surface area contributed by atoms with E-state index in [2.05, 4.69) is 62.1 Å². The van der Waals surface area contributed by atoms with Crippen LogP contribution in [-0.2, 0) is 0 Å². The van der Waals surface area contributed by atoms with Crippen molar-refractivity contribution < 1.29 is 0 Å². The Kier molecular flexibility index (Phi) is 6.44. The van der Waals surface area contributed by atoms with Gasteiger partial charge in [0.05, 0.1) is 11.6 Å². The summed E-state index contributed by atoms with van der Waals surface area (Å²) in [5, 5.41) is 14.4. The number of benzene rings is 1. The second kappa shape index (κ2) is 9.73. The van der Waals surface area contributed by atoms with Gasteiger partial charge in [-0.25, -0.2) is 4.68 Å². The van der Waals surface area contributed by atoms with Crippen LogP contribution in [0.15, 0.2) is 23.0 Å². The molecule has 6 rings (SSSR count). The van der Waals surface area contributed by atoms with Gasteiger partial charge in [0.25, 0.3) is 5.56 Å². The summed E-state index contributed by atoms with van der Waals surface area (Å²) < 4.78 is 2.08. The van der Waals surface area contributed by atoms with Crippen molar-refractivity contribution in [3.05, 3.63) is 51.1 Å². The Morgan fingerprint density at radius 3 is 2.53 bits per heavy atom. The molecule has 7 heteroatoms. The molecule has 2 saturated carbocycles. The van der Waals surface area contributed by atoms with Gasteiger partial charge in [0.1, 0.15) is 6.04 Å². The molecule has 192 valence electrons. The highest BCUT2D eigenvalue weighted by Crippen LogP contribution is 2.46. The van der Waals surface area contributed by atoms with E-state index < -0.39 is 0 Å². The molecular formula is C29H40N6O. The third-order valence-electron chi connectivity index (χ3n) is 9.27. The first-order valence-electron chi connectivity index (χ1n) is 14.2. The van der Waals surface area contributed by atoms with E-state index in [-0.39, 0.29) is 11.6 Å². The first kappa shape index (κ1) is 23.8. The van der Waals surface area contributed by atoms with Gasteiger partial charge in [-0.05, 0) is 97.8 Å². The van der Waals surface area contributed by atoms with Crippen molar-refractivity contribution in [2.24, 2.45) is 5.41 Å². The summed E-state index contributed by atoms with van der Waals surface area (Å²) in [5.41, 5.74) is 4.39. The Hall–Kier alpha value is -2.54. The average Bonchev–Trinajstić information content (AvgIpc) is 3.36. The topological polar surface area (TPSA) is 79.7 Å². The van der Waals surface area contributed by atoms with Gasteiger partial charge in [-0.2, -0.15) is 0 Å². The molecule has 3 heterocycles. The van der Waals surface area contributed by atoms with E-state index >= 15 is 0 Å². The third kappa shape index (κ3) is 4.40. The van der Waals surface area contributed by atoms with Crippen LogP contribution in [0.1, 0.15) is 112 Å². The Labute approximate surface area is 213 Å². The maximum atomic E-state index is 13.7. The van der Waals surface area contributed by atoms with Gasteiger partial charge in [-0.15, -0.1) is 5.10 Å².